The fourth-order valence-corrected chi connectivity index (χ4v) is 0.928. The first-order valence-electron chi connectivity index (χ1n) is 4.33. The van der Waals surface area contributed by atoms with E-state index >= 15 is 0 Å². The van der Waals surface area contributed by atoms with Crippen LogP contribution in [0.1, 0.15) is 17.4 Å². The normalized spacial score (nSPS) is 9.40. The largest absolute Gasteiger partial charge is 0.450 e. The molecule has 0 bridgehead atoms. The minimum absolute atomic E-state index is 0.0873. The summed E-state index contributed by atoms with van der Waals surface area (Å²) in [5.74, 6) is -0.650. The summed E-state index contributed by atoms with van der Waals surface area (Å²) in [7, 11) is 0. The number of aromatic nitrogens is 1. The van der Waals surface area contributed by atoms with Crippen LogP contribution in [0.25, 0.3) is 0 Å². The first-order chi connectivity index (χ1) is 7.13. The molecule has 0 saturated carbocycles. The zero-order chi connectivity index (χ0) is 11.3. The second-order valence-electron chi connectivity index (χ2n) is 2.64. The van der Waals surface area contributed by atoms with Crippen LogP contribution in [0.15, 0.2) is 18.3 Å². The Kier molecular flexibility index (Phi) is 3.61. The molecule has 0 atom stereocenters. The molecule has 0 aliphatic rings. The molecular weight excluding hydrogens is 198 g/mol. The van der Waals surface area contributed by atoms with Gasteiger partial charge in [0, 0.05) is 11.9 Å². The highest BCUT2D eigenvalue weighted by Crippen LogP contribution is 2.07. The third-order valence-electron chi connectivity index (χ3n) is 1.53. The maximum absolute atomic E-state index is 11.0. The van der Waals surface area contributed by atoms with Crippen LogP contribution in [0.5, 0.6) is 0 Å². The van der Waals surface area contributed by atoms with E-state index in [0.29, 0.717) is 5.69 Å². The van der Waals surface area contributed by atoms with E-state index in [2.05, 4.69) is 15.0 Å². The summed E-state index contributed by atoms with van der Waals surface area (Å²) in [6, 6.07) is 2.91. The number of ether oxygens (including phenoxy) is 1. The summed E-state index contributed by atoms with van der Waals surface area (Å²) in [6.07, 6.45) is 0.792. The van der Waals surface area contributed by atoms with Crippen LogP contribution in [0.3, 0.4) is 0 Å². The van der Waals surface area contributed by atoms with Crippen molar-refractivity contribution in [2.24, 2.45) is 5.73 Å². The average molecular weight is 209 g/mol. The van der Waals surface area contributed by atoms with Gasteiger partial charge in [-0.15, -0.1) is 0 Å². The number of rotatable bonds is 3. The van der Waals surface area contributed by atoms with E-state index in [1.807, 2.05) is 0 Å². The van der Waals surface area contributed by atoms with Crippen LogP contribution in [-0.4, -0.2) is 23.6 Å². The second-order valence-corrected chi connectivity index (χ2v) is 2.64. The number of carbonyl (C=O) groups is 2. The Morgan fingerprint density at radius 2 is 2.33 bits per heavy atom. The molecule has 0 aromatic carbocycles. The van der Waals surface area contributed by atoms with Gasteiger partial charge in [-0.05, 0) is 19.1 Å². The number of hydrogen-bond donors (Lipinski definition) is 2. The molecule has 0 fully saturated rings. The topological polar surface area (TPSA) is 94.3 Å². The van der Waals surface area contributed by atoms with Gasteiger partial charge in [0.05, 0.1) is 6.61 Å². The van der Waals surface area contributed by atoms with Gasteiger partial charge >= 0.3 is 6.09 Å². The van der Waals surface area contributed by atoms with Crippen LogP contribution >= 0.6 is 0 Å². The Balaban J connectivity index is 2.73. The molecule has 1 aromatic rings. The molecule has 0 unspecified atom stereocenters. The Bertz CT molecular complexity index is 379. The highest BCUT2D eigenvalue weighted by atomic mass is 16.5. The van der Waals surface area contributed by atoms with Crippen molar-refractivity contribution in [3.8, 4) is 0 Å². The van der Waals surface area contributed by atoms with E-state index in [0.717, 1.165) is 0 Å². The standard InChI is InChI=1S/C9H11N3O3/c1-2-15-9(14)12-6-3-4-11-7(5-6)8(10)13/h3-5H,2H2,1H3,(H2,10,13)(H,11,12,14). The van der Waals surface area contributed by atoms with Crippen LogP contribution < -0.4 is 11.1 Å². The third-order valence-corrected chi connectivity index (χ3v) is 1.53. The highest BCUT2D eigenvalue weighted by molar-refractivity contribution is 5.93. The number of nitrogens with one attached hydrogen (secondary N) is 1. The van der Waals surface area contributed by atoms with E-state index in [4.69, 9.17) is 5.73 Å². The molecule has 6 nitrogen and oxygen atoms in total. The molecule has 1 aromatic heterocycles. The Labute approximate surface area is 86.4 Å². The fourth-order valence-electron chi connectivity index (χ4n) is 0.928. The van der Waals surface area contributed by atoms with E-state index in [1.165, 1.54) is 18.3 Å². The number of nitrogens with two attached hydrogens (primary N) is 1. The molecule has 0 radical (unpaired) electrons. The zero-order valence-electron chi connectivity index (χ0n) is 8.19. The lowest BCUT2D eigenvalue weighted by molar-refractivity contribution is 0.0995. The Hall–Kier alpha value is -2.11. The molecule has 0 aliphatic carbocycles. The fraction of sp³-hybridized carbons (Fsp3) is 0.222. The van der Waals surface area contributed by atoms with Crippen molar-refractivity contribution >= 4 is 17.7 Å². The molecular formula is C9H11N3O3. The van der Waals surface area contributed by atoms with E-state index in [1.54, 1.807) is 6.92 Å². The predicted molar refractivity (Wildman–Crippen MR) is 53.4 cm³/mol. The van der Waals surface area contributed by atoms with Gasteiger partial charge in [0.1, 0.15) is 5.69 Å². The SMILES string of the molecule is CCOC(=O)Nc1ccnc(C(N)=O)c1. The lowest BCUT2D eigenvalue weighted by Gasteiger charge is -2.05. The minimum Gasteiger partial charge on any atom is -0.450 e. The first-order valence-corrected chi connectivity index (χ1v) is 4.33. The minimum atomic E-state index is -0.650. The van der Waals surface area contributed by atoms with Gasteiger partial charge < -0.3 is 10.5 Å². The Morgan fingerprint density at radius 1 is 1.60 bits per heavy atom. The number of primary amides is 1. The van der Waals surface area contributed by atoms with Crippen LogP contribution in [0.4, 0.5) is 10.5 Å². The van der Waals surface area contributed by atoms with Crippen molar-refractivity contribution in [1.29, 1.82) is 0 Å². The molecule has 2 amide bonds. The lowest BCUT2D eigenvalue weighted by Crippen LogP contribution is -2.16. The van der Waals surface area contributed by atoms with Gasteiger partial charge in [0.25, 0.3) is 5.91 Å². The number of pyridine rings is 1. The molecule has 3 N–H and O–H groups in total. The van der Waals surface area contributed by atoms with Crippen molar-refractivity contribution in [1.82, 2.24) is 4.98 Å². The van der Waals surface area contributed by atoms with E-state index < -0.39 is 12.0 Å². The van der Waals surface area contributed by atoms with Crippen molar-refractivity contribution in [2.75, 3.05) is 11.9 Å². The van der Waals surface area contributed by atoms with Gasteiger partial charge in [-0.2, -0.15) is 0 Å². The number of carbonyl (C=O) groups excluding carboxylic acids is 2. The Morgan fingerprint density at radius 3 is 2.93 bits per heavy atom. The van der Waals surface area contributed by atoms with Crippen molar-refractivity contribution in [3.63, 3.8) is 0 Å². The van der Waals surface area contributed by atoms with Gasteiger partial charge in [-0.3, -0.25) is 15.1 Å². The summed E-state index contributed by atoms with van der Waals surface area (Å²) in [6.45, 7) is 1.97. The van der Waals surface area contributed by atoms with Crippen LogP contribution in [0, 0.1) is 0 Å². The number of hydrogen-bond acceptors (Lipinski definition) is 4. The van der Waals surface area contributed by atoms with Gasteiger partial charge in [0.2, 0.25) is 0 Å². The summed E-state index contributed by atoms with van der Waals surface area (Å²) in [5, 5.41) is 2.43. The number of nitrogens with zero attached hydrogens (tertiary/aromatic N) is 1. The molecule has 1 heterocycles. The predicted octanol–water partition coefficient (Wildman–Crippen LogP) is 0.749. The van der Waals surface area contributed by atoms with Crippen molar-refractivity contribution in [2.45, 2.75) is 6.92 Å². The highest BCUT2D eigenvalue weighted by Gasteiger charge is 2.05. The molecule has 0 saturated heterocycles. The molecule has 15 heavy (non-hydrogen) atoms. The van der Waals surface area contributed by atoms with Crippen LogP contribution in [0.2, 0.25) is 0 Å². The number of anilines is 1. The van der Waals surface area contributed by atoms with Crippen molar-refractivity contribution < 1.29 is 14.3 Å². The van der Waals surface area contributed by atoms with Gasteiger partial charge in [0.15, 0.2) is 0 Å². The molecule has 80 valence electrons. The van der Waals surface area contributed by atoms with Crippen LogP contribution in [-0.2, 0) is 4.74 Å². The lowest BCUT2D eigenvalue weighted by atomic mass is 10.3. The maximum atomic E-state index is 11.0. The smallest absolute Gasteiger partial charge is 0.411 e. The molecule has 6 heteroatoms. The number of amides is 2. The third kappa shape index (κ3) is 3.26. The molecule has 1 rings (SSSR count). The maximum Gasteiger partial charge on any atom is 0.411 e. The van der Waals surface area contributed by atoms with E-state index in [9.17, 15) is 9.59 Å². The second kappa shape index (κ2) is 4.94. The molecule has 0 spiro atoms. The monoisotopic (exact) mass is 209 g/mol. The van der Waals surface area contributed by atoms with E-state index in [-0.39, 0.29) is 12.3 Å². The first kappa shape index (κ1) is 11.0. The summed E-state index contributed by atoms with van der Waals surface area (Å²) in [4.78, 5) is 25.5. The summed E-state index contributed by atoms with van der Waals surface area (Å²) >= 11 is 0. The average Bonchev–Trinajstić information content (AvgIpc) is 2.18. The molecule has 0 aliphatic heterocycles. The van der Waals surface area contributed by atoms with Gasteiger partial charge in [-0.25, -0.2) is 4.79 Å². The quantitative estimate of drug-likeness (QED) is 0.767. The van der Waals surface area contributed by atoms with Gasteiger partial charge in [-0.1, -0.05) is 0 Å². The summed E-state index contributed by atoms with van der Waals surface area (Å²) < 4.78 is 4.66. The van der Waals surface area contributed by atoms with Crippen molar-refractivity contribution in [3.05, 3.63) is 24.0 Å². The summed E-state index contributed by atoms with van der Waals surface area (Å²) in [5.41, 5.74) is 5.53. The zero-order valence-corrected chi connectivity index (χ0v) is 8.19.